The number of benzene rings is 20. The second-order valence-electron chi connectivity index (χ2n) is 34.6. The number of rotatable bonds is 10. The topological polar surface area (TPSA) is 100 Å². The van der Waals surface area contributed by atoms with E-state index in [2.05, 4.69) is 319 Å². The second-order valence-corrected chi connectivity index (χ2v) is 37.9. The van der Waals surface area contributed by atoms with Crippen LogP contribution in [0.2, 0.25) is 0 Å². The van der Waals surface area contributed by atoms with E-state index in [-0.39, 0.29) is 0 Å². The van der Waals surface area contributed by atoms with Crippen molar-refractivity contribution >= 4 is 192 Å². The van der Waals surface area contributed by atoms with Gasteiger partial charge in [0.05, 0.1) is 33.3 Å². The Balaban J connectivity index is 0.000000133. The van der Waals surface area contributed by atoms with Gasteiger partial charge in [-0.25, -0.2) is 29.9 Å². The molecular weight excluding hydrogens is 1680 g/mol. The van der Waals surface area contributed by atoms with E-state index in [1.807, 2.05) is 137 Å². The Hall–Kier alpha value is -16.7. The van der Waals surface area contributed by atoms with E-state index in [4.69, 9.17) is 34.3 Å². The van der Waals surface area contributed by atoms with Crippen LogP contribution in [-0.4, -0.2) is 39.0 Å². The zero-order valence-electron chi connectivity index (χ0n) is 71.2. The van der Waals surface area contributed by atoms with Gasteiger partial charge in [-0.3, -0.25) is 0 Å². The van der Waals surface area contributed by atoms with Crippen molar-refractivity contribution in [1.29, 1.82) is 0 Å². The fourth-order valence-electron chi connectivity index (χ4n) is 20.8. The van der Waals surface area contributed by atoms with Gasteiger partial charge in [0.25, 0.3) is 0 Å². The molecule has 0 fully saturated rings. The molecule has 0 bridgehead atoms. The number of fused-ring (bicyclic) bond motifs is 27. The van der Waals surface area contributed by atoms with Crippen molar-refractivity contribution in [3.05, 3.63) is 424 Å². The summed E-state index contributed by atoms with van der Waals surface area (Å²) in [6, 6.07) is 148. The fraction of sp³-hybridized carbons (Fsp3) is 0.00826. The average Bonchev–Trinajstić information content (AvgIpc) is 1.71. The summed E-state index contributed by atoms with van der Waals surface area (Å²) in [7, 11) is 0. The van der Waals surface area contributed by atoms with Crippen molar-refractivity contribution < 1.29 is 4.42 Å². The van der Waals surface area contributed by atoms with Crippen LogP contribution in [0, 0.1) is 0 Å². The van der Waals surface area contributed by atoms with Crippen LogP contribution in [0.1, 0.15) is 11.1 Å². The number of nitrogens with zero attached hydrogens (tertiary/aromatic N) is 8. The molecule has 8 aromatic heterocycles. The monoisotopic (exact) mass is 1750 g/mol. The predicted molar refractivity (Wildman–Crippen MR) is 559 cm³/mol. The summed E-state index contributed by atoms with van der Waals surface area (Å²) in [5, 5.41) is 22.1. The molecule has 0 aliphatic heterocycles. The molecule has 0 N–H and O–H groups in total. The molecule has 12 heteroatoms. The highest BCUT2D eigenvalue weighted by Gasteiger charge is 2.27. The molecule has 0 spiro atoms. The quantitative estimate of drug-likeness (QED) is 0.126. The van der Waals surface area contributed by atoms with Gasteiger partial charge in [0.1, 0.15) is 5.58 Å². The van der Waals surface area contributed by atoms with Crippen molar-refractivity contribution in [2.45, 2.75) is 6.42 Å². The molecule has 0 atom stereocenters. The van der Waals surface area contributed by atoms with Crippen LogP contribution in [-0.2, 0) is 6.42 Å². The highest BCUT2D eigenvalue weighted by molar-refractivity contribution is 7.27. The normalized spacial score (nSPS) is 12.2. The SMILES string of the molecule is c1ccc(-c2nc(-c3ccccc3)nc(-c3ccc4c5ccc(-n6c7ccccc7c7cc(-c8ccc9c(c8)-c8cc%10sc%11ccccc%11c%10cc8C9)ccc76)cc5c5ccccc5c4c3)n2)cc1.c1ccc(-c2nc(-c3ccccc3)nc(-c3cccc4c3oc3c(-n5c6ccccc6c6cc(-c7ccc8sc9cc%10c(cc9c8c7)sc7ccccc7%10)ccc65)cccc34)n2)cc1. The first-order valence-electron chi connectivity index (χ1n) is 44.9. The van der Waals surface area contributed by atoms with Gasteiger partial charge in [-0.15, -0.1) is 34.0 Å². The lowest BCUT2D eigenvalue weighted by atomic mass is 9.93. The zero-order valence-corrected chi connectivity index (χ0v) is 73.6. The van der Waals surface area contributed by atoms with E-state index >= 15 is 0 Å². The molecule has 8 heterocycles. The Morgan fingerprint density at radius 2 is 0.564 bits per heavy atom. The van der Waals surface area contributed by atoms with E-state index < -0.39 is 0 Å². The van der Waals surface area contributed by atoms with E-state index in [0.717, 1.165) is 84.1 Å². The Bertz CT molecular complexity index is 9640. The summed E-state index contributed by atoms with van der Waals surface area (Å²) >= 11 is 5.66. The third-order valence-corrected chi connectivity index (χ3v) is 30.5. The van der Waals surface area contributed by atoms with Crippen LogP contribution in [0.5, 0.6) is 0 Å². The molecule has 0 unspecified atom stereocenters. The average molecular weight is 1750 g/mol. The minimum Gasteiger partial charge on any atom is -0.453 e. The summed E-state index contributed by atoms with van der Waals surface area (Å²) in [6.45, 7) is 0. The van der Waals surface area contributed by atoms with Crippen LogP contribution in [0.25, 0.3) is 271 Å². The predicted octanol–water partition coefficient (Wildman–Crippen LogP) is 33.3. The lowest BCUT2D eigenvalue weighted by Crippen LogP contribution is -2.00. The van der Waals surface area contributed by atoms with Crippen LogP contribution in [0.3, 0.4) is 0 Å². The molecule has 0 radical (unpaired) electrons. The second kappa shape index (κ2) is 29.9. The standard InChI is InChI=1S/C64H38N4S.C57H32N4OS2/c1-3-13-38(14-4-1)62-65-63(39-15-5-2-6-16-39)67-64(66-62)43-25-28-48-49-29-27-45(36-55(49)47-18-8-7-17-46(47)54(48)34-43)68-58-21-11-9-19-50(58)56-33-41(26-30-59(56)68)40-23-24-42-31-44-35-57-51-20-10-12-22-60(51)69-61(57)37-53(44)52(42)32-40;1-3-13-33(14-4-1)55-58-56(34-15-5-2-6-16-34)60-57(59-55)41-21-11-19-39-40-20-12-23-48(54(40)62-53(39)41)61-46-22-9-7-17-37(46)42-29-35(25-27-47(42)61)36-26-28-50-43(30-36)45-32-51-44(31-52(45)64-50)38-18-8-10-24-49(38)63-51/h1-30,32-37H,31H2;1-32H. The molecule has 618 valence electrons. The minimum absolute atomic E-state index is 0.560. The fourth-order valence-corrected chi connectivity index (χ4v) is 24.2. The van der Waals surface area contributed by atoms with Gasteiger partial charge in [0.2, 0.25) is 0 Å². The van der Waals surface area contributed by atoms with E-state index in [0.29, 0.717) is 34.9 Å². The smallest absolute Gasteiger partial charge is 0.167 e. The van der Waals surface area contributed by atoms with Crippen molar-refractivity contribution in [3.63, 3.8) is 0 Å². The summed E-state index contributed by atoms with van der Waals surface area (Å²) in [6.07, 6.45) is 0.974. The molecule has 9 nitrogen and oxygen atoms in total. The van der Waals surface area contributed by atoms with Crippen LogP contribution >= 0.6 is 34.0 Å². The molecule has 1 aliphatic carbocycles. The van der Waals surface area contributed by atoms with Crippen molar-refractivity contribution in [3.8, 4) is 113 Å². The number of aromatic nitrogens is 8. The molecule has 1 aliphatic rings. The number of para-hydroxylation sites is 4. The van der Waals surface area contributed by atoms with E-state index in [1.165, 1.54) is 170 Å². The van der Waals surface area contributed by atoms with Gasteiger partial charge < -0.3 is 13.6 Å². The molecule has 0 amide bonds. The lowest BCUT2D eigenvalue weighted by molar-refractivity contribution is 0.667. The van der Waals surface area contributed by atoms with E-state index in [1.54, 1.807) is 0 Å². The molecular formula is C121H70N8OS3. The maximum atomic E-state index is 7.07. The largest absolute Gasteiger partial charge is 0.453 e. The van der Waals surface area contributed by atoms with Crippen LogP contribution < -0.4 is 0 Å². The number of furan rings is 1. The summed E-state index contributed by atoms with van der Waals surface area (Å²) < 4.78 is 19.9. The lowest BCUT2D eigenvalue weighted by Gasteiger charge is -2.15. The molecule has 0 saturated heterocycles. The third-order valence-electron chi connectivity index (χ3n) is 27.1. The first-order valence-corrected chi connectivity index (χ1v) is 47.3. The maximum absolute atomic E-state index is 7.07. The highest BCUT2D eigenvalue weighted by Crippen LogP contribution is 2.50. The molecule has 0 saturated carbocycles. The third kappa shape index (κ3) is 12.2. The van der Waals surface area contributed by atoms with Gasteiger partial charge in [0, 0.05) is 126 Å². The van der Waals surface area contributed by atoms with Gasteiger partial charge in [0.15, 0.2) is 40.5 Å². The number of hydrogen-bond donors (Lipinski definition) is 0. The first-order chi connectivity index (χ1) is 65.9. The molecule has 20 aromatic carbocycles. The number of hydrogen-bond acceptors (Lipinski definition) is 10. The summed E-state index contributed by atoms with van der Waals surface area (Å²) in [5.74, 6) is 3.74. The Morgan fingerprint density at radius 3 is 1.15 bits per heavy atom. The Morgan fingerprint density at radius 1 is 0.188 bits per heavy atom. The van der Waals surface area contributed by atoms with Gasteiger partial charge in [-0.1, -0.05) is 291 Å². The van der Waals surface area contributed by atoms with Crippen molar-refractivity contribution in [2.24, 2.45) is 0 Å². The Kier molecular flexibility index (Phi) is 16.9. The zero-order chi connectivity index (χ0) is 87.0. The van der Waals surface area contributed by atoms with Crippen molar-refractivity contribution in [2.75, 3.05) is 0 Å². The first kappa shape index (κ1) is 75.3. The van der Waals surface area contributed by atoms with Gasteiger partial charge >= 0.3 is 0 Å². The van der Waals surface area contributed by atoms with Crippen LogP contribution in [0.15, 0.2) is 417 Å². The van der Waals surface area contributed by atoms with Crippen LogP contribution in [0.4, 0.5) is 0 Å². The molecule has 133 heavy (non-hydrogen) atoms. The maximum Gasteiger partial charge on any atom is 0.167 e. The molecule has 29 rings (SSSR count). The Labute approximate surface area is 773 Å². The van der Waals surface area contributed by atoms with E-state index in [9.17, 15) is 0 Å². The number of thiophene rings is 3. The minimum atomic E-state index is 0.560. The summed E-state index contributed by atoms with van der Waals surface area (Å²) in [5.41, 5.74) is 24.2. The highest BCUT2D eigenvalue weighted by atomic mass is 32.1. The van der Waals surface area contributed by atoms with Gasteiger partial charge in [-0.2, -0.15) is 0 Å². The summed E-state index contributed by atoms with van der Waals surface area (Å²) in [4.78, 5) is 30.2. The van der Waals surface area contributed by atoms with Crippen molar-refractivity contribution in [1.82, 2.24) is 39.0 Å². The van der Waals surface area contributed by atoms with Gasteiger partial charge in [-0.05, 0) is 205 Å². The molecule has 28 aromatic rings.